The normalized spacial score (nSPS) is 12.1. The summed E-state index contributed by atoms with van der Waals surface area (Å²) in [5.74, 6) is -1.25. The van der Waals surface area contributed by atoms with E-state index in [4.69, 9.17) is 0 Å². The Morgan fingerprint density at radius 1 is 1.07 bits per heavy atom. The van der Waals surface area contributed by atoms with Gasteiger partial charge in [-0.2, -0.15) is 0 Å². The second-order valence-electron chi connectivity index (χ2n) is 7.02. The SMILES string of the molecule is Cc1c(CNC(C)c2ccccc2)c(C(=O)O)c(C)n1Cc1ccccc1F. The van der Waals surface area contributed by atoms with E-state index in [9.17, 15) is 14.3 Å². The Morgan fingerprint density at radius 3 is 2.36 bits per heavy atom. The zero-order chi connectivity index (χ0) is 20.3. The molecule has 0 aliphatic heterocycles. The third-order valence-electron chi connectivity index (χ3n) is 5.29. The molecule has 0 aliphatic carbocycles. The maximum atomic E-state index is 14.1. The van der Waals surface area contributed by atoms with E-state index in [1.165, 1.54) is 6.07 Å². The number of carboxylic acid groups (broad SMARTS) is 1. The summed E-state index contributed by atoms with van der Waals surface area (Å²) < 4.78 is 16.0. The van der Waals surface area contributed by atoms with Gasteiger partial charge in [0.15, 0.2) is 0 Å². The summed E-state index contributed by atoms with van der Waals surface area (Å²) in [5.41, 5.74) is 4.19. The van der Waals surface area contributed by atoms with Crippen molar-refractivity contribution in [1.82, 2.24) is 9.88 Å². The van der Waals surface area contributed by atoms with E-state index in [2.05, 4.69) is 5.32 Å². The minimum absolute atomic E-state index is 0.0810. The van der Waals surface area contributed by atoms with Gasteiger partial charge >= 0.3 is 5.97 Å². The molecule has 3 aromatic rings. The molecule has 1 heterocycles. The molecule has 0 aliphatic rings. The largest absolute Gasteiger partial charge is 0.478 e. The van der Waals surface area contributed by atoms with Gasteiger partial charge in [-0.25, -0.2) is 9.18 Å². The van der Waals surface area contributed by atoms with Crippen LogP contribution < -0.4 is 5.32 Å². The van der Waals surface area contributed by atoms with Crippen LogP contribution in [0.15, 0.2) is 54.6 Å². The molecule has 0 amide bonds. The smallest absolute Gasteiger partial charge is 0.337 e. The average molecular weight is 380 g/mol. The number of nitrogens with one attached hydrogen (secondary N) is 1. The molecule has 28 heavy (non-hydrogen) atoms. The Morgan fingerprint density at radius 2 is 1.71 bits per heavy atom. The first-order valence-corrected chi connectivity index (χ1v) is 9.33. The number of hydrogen-bond acceptors (Lipinski definition) is 2. The fourth-order valence-corrected chi connectivity index (χ4v) is 3.60. The van der Waals surface area contributed by atoms with Crippen LogP contribution >= 0.6 is 0 Å². The Hall–Kier alpha value is -2.92. The Bertz CT molecular complexity index is 980. The summed E-state index contributed by atoms with van der Waals surface area (Å²) in [6.07, 6.45) is 0. The molecule has 0 bridgehead atoms. The standard InChI is InChI=1S/C23H25FN2O2/c1-15(18-9-5-4-6-10-18)25-13-20-16(2)26(17(3)22(20)23(27)28)14-19-11-7-8-12-21(19)24/h4-12,15,25H,13-14H2,1-3H3,(H,27,28). The molecule has 1 atom stereocenters. The zero-order valence-electron chi connectivity index (χ0n) is 16.4. The van der Waals surface area contributed by atoms with Crippen LogP contribution in [0.25, 0.3) is 0 Å². The summed E-state index contributed by atoms with van der Waals surface area (Å²) in [4.78, 5) is 11.9. The quantitative estimate of drug-likeness (QED) is 0.617. The Labute approximate surface area is 164 Å². The third-order valence-corrected chi connectivity index (χ3v) is 5.29. The van der Waals surface area contributed by atoms with Crippen molar-refractivity contribution in [3.63, 3.8) is 0 Å². The van der Waals surface area contributed by atoms with Crippen molar-refractivity contribution in [2.24, 2.45) is 0 Å². The van der Waals surface area contributed by atoms with Crippen molar-refractivity contribution in [2.75, 3.05) is 0 Å². The predicted molar refractivity (Wildman–Crippen MR) is 108 cm³/mol. The van der Waals surface area contributed by atoms with Crippen LogP contribution in [0, 0.1) is 19.7 Å². The Kier molecular flexibility index (Phi) is 5.95. The summed E-state index contributed by atoms with van der Waals surface area (Å²) in [7, 11) is 0. The van der Waals surface area contributed by atoms with Gasteiger partial charge in [0, 0.05) is 35.1 Å². The molecule has 2 aromatic carbocycles. The summed E-state index contributed by atoms with van der Waals surface area (Å²) in [5, 5.41) is 13.2. The molecule has 5 heteroatoms. The number of carboxylic acids is 1. The van der Waals surface area contributed by atoms with E-state index in [0.29, 0.717) is 29.9 Å². The lowest BCUT2D eigenvalue weighted by atomic mass is 10.1. The molecule has 0 radical (unpaired) electrons. The van der Waals surface area contributed by atoms with Gasteiger partial charge in [0.05, 0.1) is 12.1 Å². The molecule has 0 saturated carbocycles. The van der Waals surface area contributed by atoms with E-state index in [-0.39, 0.29) is 11.9 Å². The highest BCUT2D eigenvalue weighted by atomic mass is 19.1. The van der Waals surface area contributed by atoms with Crippen molar-refractivity contribution in [1.29, 1.82) is 0 Å². The number of halogens is 1. The number of aromatic nitrogens is 1. The van der Waals surface area contributed by atoms with Gasteiger partial charge in [0.1, 0.15) is 5.82 Å². The maximum Gasteiger partial charge on any atom is 0.337 e. The number of aromatic carboxylic acids is 1. The molecule has 1 unspecified atom stereocenters. The van der Waals surface area contributed by atoms with E-state index in [0.717, 1.165) is 16.8 Å². The molecule has 4 nitrogen and oxygen atoms in total. The molecule has 0 saturated heterocycles. The van der Waals surface area contributed by atoms with Crippen LogP contribution in [-0.4, -0.2) is 15.6 Å². The molecule has 1 aromatic heterocycles. The minimum Gasteiger partial charge on any atom is -0.478 e. The van der Waals surface area contributed by atoms with Crippen molar-refractivity contribution < 1.29 is 14.3 Å². The van der Waals surface area contributed by atoms with Crippen molar-refractivity contribution in [3.8, 4) is 0 Å². The highest BCUT2D eigenvalue weighted by Crippen LogP contribution is 2.25. The average Bonchev–Trinajstić information content (AvgIpc) is 2.92. The second-order valence-corrected chi connectivity index (χ2v) is 7.02. The first kappa shape index (κ1) is 19.8. The van der Waals surface area contributed by atoms with Gasteiger partial charge in [-0.3, -0.25) is 0 Å². The van der Waals surface area contributed by atoms with Crippen LogP contribution in [0.1, 0.15) is 51.4 Å². The number of carbonyl (C=O) groups is 1. The third kappa shape index (κ3) is 3.99. The zero-order valence-corrected chi connectivity index (χ0v) is 16.4. The minimum atomic E-state index is -0.961. The highest BCUT2D eigenvalue weighted by Gasteiger charge is 2.23. The number of nitrogens with zero attached hydrogens (tertiary/aromatic N) is 1. The highest BCUT2D eigenvalue weighted by molar-refractivity contribution is 5.91. The predicted octanol–water partition coefficient (Wildman–Crippen LogP) is 4.84. The molecular weight excluding hydrogens is 355 g/mol. The topological polar surface area (TPSA) is 54.3 Å². The summed E-state index contributed by atoms with van der Waals surface area (Å²) in [6, 6.07) is 16.7. The summed E-state index contributed by atoms with van der Waals surface area (Å²) >= 11 is 0. The molecular formula is C23H25FN2O2. The van der Waals surface area contributed by atoms with E-state index < -0.39 is 5.97 Å². The van der Waals surface area contributed by atoms with Gasteiger partial charge in [-0.15, -0.1) is 0 Å². The lowest BCUT2D eigenvalue weighted by Crippen LogP contribution is -2.19. The van der Waals surface area contributed by atoms with Crippen molar-refractivity contribution in [3.05, 3.63) is 94.1 Å². The van der Waals surface area contributed by atoms with E-state index >= 15 is 0 Å². The van der Waals surface area contributed by atoms with Crippen LogP contribution in [0.4, 0.5) is 4.39 Å². The summed E-state index contributed by atoms with van der Waals surface area (Å²) in [6.45, 7) is 6.45. The van der Waals surface area contributed by atoms with Crippen LogP contribution in [-0.2, 0) is 13.1 Å². The molecule has 0 spiro atoms. The lowest BCUT2D eigenvalue weighted by molar-refractivity contribution is 0.0694. The maximum absolute atomic E-state index is 14.1. The first-order chi connectivity index (χ1) is 13.4. The van der Waals surface area contributed by atoms with Crippen LogP contribution in [0.3, 0.4) is 0 Å². The lowest BCUT2D eigenvalue weighted by Gasteiger charge is -2.15. The molecule has 2 N–H and O–H groups in total. The van der Waals surface area contributed by atoms with E-state index in [1.54, 1.807) is 25.1 Å². The van der Waals surface area contributed by atoms with Crippen LogP contribution in [0.5, 0.6) is 0 Å². The number of benzene rings is 2. The second kappa shape index (κ2) is 8.40. The van der Waals surface area contributed by atoms with Gasteiger partial charge in [-0.05, 0) is 32.4 Å². The molecule has 3 rings (SSSR count). The molecule has 146 valence electrons. The van der Waals surface area contributed by atoms with Crippen LogP contribution in [0.2, 0.25) is 0 Å². The van der Waals surface area contributed by atoms with Gasteiger partial charge in [0.25, 0.3) is 0 Å². The van der Waals surface area contributed by atoms with E-state index in [1.807, 2.05) is 48.7 Å². The number of rotatable bonds is 7. The van der Waals surface area contributed by atoms with Crippen molar-refractivity contribution >= 4 is 5.97 Å². The number of hydrogen-bond donors (Lipinski definition) is 2. The fourth-order valence-electron chi connectivity index (χ4n) is 3.60. The molecule has 0 fully saturated rings. The van der Waals surface area contributed by atoms with Gasteiger partial charge < -0.3 is 15.0 Å². The fraction of sp³-hybridized carbons (Fsp3) is 0.261. The van der Waals surface area contributed by atoms with Gasteiger partial charge in [-0.1, -0.05) is 48.5 Å². The van der Waals surface area contributed by atoms with Crippen molar-refractivity contribution in [2.45, 2.75) is 39.9 Å². The first-order valence-electron chi connectivity index (χ1n) is 9.33. The monoisotopic (exact) mass is 380 g/mol. The Balaban J connectivity index is 1.90. The van der Waals surface area contributed by atoms with Gasteiger partial charge in [0.2, 0.25) is 0 Å².